The van der Waals surface area contributed by atoms with E-state index in [1.807, 2.05) is 0 Å². The minimum absolute atomic E-state index is 0.337. The molecule has 2 rings (SSSR count). The molecule has 4 nitrogen and oxygen atoms in total. The molecule has 0 bridgehead atoms. The van der Waals surface area contributed by atoms with Crippen LogP contribution < -0.4 is 14.8 Å². The molecule has 0 saturated carbocycles. The lowest BCUT2D eigenvalue weighted by Gasteiger charge is -2.09. The predicted molar refractivity (Wildman–Crippen MR) is 87.2 cm³/mol. The first kappa shape index (κ1) is 20.1. The fourth-order valence-electron chi connectivity index (χ4n) is 1.80. The lowest BCUT2D eigenvalue weighted by atomic mass is 10.3. The fraction of sp³-hybridized carbons (Fsp3) is 0.118. The van der Waals surface area contributed by atoms with Crippen LogP contribution in [-0.4, -0.2) is 18.9 Å². The molecule has 0 heterocycles. The Morgan fingerprint density at radius 1 is 0.741 bits per heavy atom. The molecule has 0 radical (unpaired) electrons. The highest BCUT2D eigenvalue weighted by atomic mass is 19.4. The molecule has 0 unspecified atom stereocenters. The Labute approximate surface area is 149 Å². The second kappa shape index (κ2) is 8.47. The summed E-state index contributed by atoms with van der Waals surface area (Å²) in [5, 5.41) is 2.80. The first-order chi connectivity index (χ1) is 12.6. The number of hydrogen-bond acceptors (Lipinski definition) is 4. The van der Waals surface area contributed by atoms with Gasteiger partial charge in [0.05, 0.1) is 5.69 Å². The number of alkyl halides is 6. The summed E-state index contributed by atoms with van der Waals surface area (Å²) in [6.07, 6.45) is -5.14. The summed E-state index contributed by atoms with van der Waals surface area (Å²) in [4.78, 5) is 4.00. The maximum absolute atomic E-state index is 12.0. The van der Waals surface area contributed by atoms with E-state index in [4.69, 9.17) is 0 Å². The van der Waals surface area contributed by atoms with E-state index in [2.05, 4.69) is 19.8 Å². The molecule has 0 saturated heterocycles. The number of benzene rings is 2. The van der Waals surface area contributed by atoms with E-state index in [0.717, 1.165) is 24.3 Å². The molecule has 0 atom stereocenters. The standard InChI is InChI=1S/C17H12F6N2O2/c18-16(19,20)26-14-6-2-12(3-7-14)24-10-1-11-25-13-4-8-15(9-5-13)27-17(21,22)23/h1-11,24H/b10-1-,25-11?. The highest BCUT2D eigenvalue weighted by Gasteiger charge is 2.31. The monoisotopic (exact) mass is 390 g/mol. The Kier molecular flexibility index (Phi) is 6.32. The molecule has 144 valence electrons. The van der Waals surface area contributed by atoms with Crippen LogP contribution in [-0.2, 0) is 0 Å². The molecular formula is C17H12F6N2O2. The van der Waals surface area contributed by atoms with Gasteiger partial charge in [-0.3, -0.25) is 4.99 Å². The first-order valence-corrected chi connectivity index (χ1v) is 7.28. The normalized spacial score (nSPS) is 12.5. The third-order valence-electron chi connectivity index (χ3n) is 2.81. The van der Waals surface area contributed by atoms with E-state index >= 15 is 0 Å². The number of nitrogens with zero attached hydrogens (tertiary/aromatic N) is 1. The van der Waals surface area contributed by atoms with Gasteiger partial charge in [0.25, 0.3) is 0 Å². The van der Waals surface area contributed by atoms with Gasteiger partial charge in [-0.15, -0.1) is 26.3 Å². The summed E-state index contributed by atoms with van der Waals surface area (Å²) in [5.41, 5.74) is 0.922. The maximum Gasteiger partial charge on any atom is 0.573 e. The van der Waals surface area contributed by atoms with Gasteiger partial charge in [0.2, 0.25) is 0 Å². The molecule has 2 aromatic carbocycles. The minimum Gasteiger partial charge on any atom is -0.406 e. The van der Waals surface area contributed by atoms with Crippen LogP contribution in [0.2, 0.25) is 0 Å². The van der Waals surface area contributed by atoms with Crippen LogP contribution in [0.4, 0.5) is 37.7 Å². The molecule has 0 spiro atoms. The summed E-state index contributed by atoms with van der Waals surface area (Å²) in [6.45, 7) is 0. The molecule has 27 heavy (non-hydrogen) atoms. The fourth-order valence-corrected chi connectivity index (χ4v) is 1.80. The van der Waals surface area contributed by atoms with Crippen LogP contribution in [0.1, 0.15) is 0 Å². The predicted octanol–water partition coefficient (Wildman–Crippen LogP) is 5.81. The van der Waals surface area contributed by atoms with Gasteiger partial charge in [-0.2, -0.15) is 0 Å². The first-order valence-electron chi connectivity index (χ1n) is 7.28. The zero-order valence-electron chi connectivity index (χ0n) is 13.4. The van der Waals surface area contributed by atoms with Crippen molar-refractivity contribution < 1.29 is 35.8 Å². The molecule has 0 aliphatic rings. The van der Waals surface area contributed by atoms with Gasteiger partial charge in [0.1, 0.15) is 11.5 Å². The van der Waals surface area contributed by atoms with E-state index < -0.39 is 12.7 Å². The van der Waals surface area contributed by atoms with Crippen molar-refractivity contribution in [3.05, 3.63) is 60.8 Å². The molecule has 1 N–H and O–H groups in total. The molecule has 0 aliphatic heterocycles. The zero-order valence-corrected chi connectivity index (χ0v) is 13.4. The summed E-state index contributed by atoms with van der Waals surface area (Å²) >= 11 is 0. The second-order valence-electron chi connectivity index (χ2n) is 4.90. The molecule has 0 aliphatic carbocycles. The van der Waals surface area contributed by atoms with Gasteiger partial charge in [-0.25, -0.2) is 0 Å². The highest BCUT2D eigenvalue weighted by Crippen LogP contribution is 2.25. The van der Waals surface area contributed by atoms with Crippen molar-refractivity contribution in [2.24, 2.45) is 4.99 Å². The zero-order chi connectivity index (χ0) is 19.9. The summed E-state index contributed by atoms with van der Waals surface area (Å²) in [6, 6.07) is 10.0. The van der Waals surface area contributed by atoms with E-state index in [9.17, 15) is 26.3 Å². The Hall–Kier alpha value is -3.17. The smallest absolute Gasteiger partial charge is 0.406 e. The number of aliphatic imine (C=N–C) groups is 1. The average Bonchev–Trinajstić information content (AvgIpc) is 2.55. The quantitative estimate of drug-likeness (QED) is 0.500. The number of allylic oxidation sites excluding steroid dienone is 1. The van der Waals surface area contributed by atoms with Crippen LogP contribution in [0.25, 0.3) is 0 Å². The number of rotatable bonds is 6. The molecule has 2 aromatic rings. The van der Waals surface area contributed by atoms with Gasteiger partial charge in [-0.1, -0.05) is 0 Å². The van der Waals surface area contributed by atoms with E-state index in [1.165, 1.54) is 42.8 Å². The SMILES string of the molecule is FC(F)(F)Oc1ccc(N=C/C=C\Nc2ccc(OC(F)(F)F)cc2)cc1. The number of ether oxygens (including phenoxy) is 2. The lowest BCUT2D eigenvalue weighted by molar-refractivity contribution is -0.275. The molecule has 10 heteroatoms. The average molecular weight is 390 g/mol. The molecule has 0 aromatic heterocycles. The van der Waals surface area contributed by atoms with Gasteiger partial charge in [0, 0.05) is 18.1 Å². The van der Waals surface area contributed by atoms with Gasteiger partial charge < -0.3 is 14.8 Å². The summed E-state index contributed by atoms with van der Waals surface area (Å²) in [5.74, 6) is -0.687. The van der Waals surface area contributed by atoms with Crippen molar-refractivity contribution in [1.29, 1.82) is 0 Å². The lowest BCUT2D eigenvalue weighted by Crippen LogP contribution is -2.16. The van der Waals surface area contributed by atoms with Gasteiger partial charge >= 0.3 is 12.7 Å². The molecule has 0 amide bonds. The Morgan fingerprint density at radius 3 is 1.70 bits per heavy atom. The minimum atomic E-state index is -4.75. The third kappa shape index (κ3) is 8.17. The number of anilines is 1. The van der Waals surface area contributed by atoms with Crippen molar-refractivity contribution in [3.8, 4) is 11.5 Å². The van der Waals surface area contributed by atoms with Crippen molar-refractivity contribution >= 4 is 17.6 Å². The second-order valence-corrected chi connectivity index (χ2v) is 4.90. The van der Waals surface area contributed by atoms with E-state index in [0.29, 0.717) is 11.4 Å². The van der Waals surface area contributed by atoms with Gasteiger partial charge in [0.15, 0.2) is 0 Å². The van der Waals surface area contributed by atoms with Crippen LogP contribution in [0.15, 0.2) is 65.8 Å². The Balaban J connectivity index is 1.83. The van der Waals surface area contributed by atoms with Crippen molar-refractivity contribution in [2.75, 3.05) is 5.32 Å². The topological polar surface area (TPSA) is 42.8 Å². The van der Waals surface area contributed by atoms with Crippen LogP contribution in [0, 0.1) is 0 Å². The van der Waals surface area contributed by atoms with Crippen molar-refractivity contribution in [2.45, 2.75) is 12.7 Å². The highest BCUT2D eigenvalue weighted by molar-refractivity contribution is 5.75. The summed E-state index contributed by atoms with van der Waals surface area (Å²) in [7, 11) is 0. The van der Waals surface area contributed by atoms with E-state index in [-0.39, 0.29) is 11.5 Å². The van der Waals surface area contributed by atoms with E-state index in [1.54, 1.807) is 0 Å². The van der Waals surface area contributed by atoms with Crippen LogP contribution in [0.5, 0.6) is 11.5 Å². The molecule has 0 fully saturated rings. The van der Waals surface area contributed by atoms with Crippen LogP contribution >= 0.6 is 0 Å². The summed E-state index contributed by atoms with van der Waals surface area (Å²) < 4.78 is 79.7. The van der Waals surface area contributed by atoms with Crippen molar-refractivity contribution in [1.82, 2.24) is 0 Å². The Morgan fingerprint density at radius 2 is 1.22 bits per heavy atom. The third-order valence-corrected chi connectivity index (χ3v) is 2.81. The number of hydrogen-bond donors (Lipinski definition) is 1. The largest absolute Gasteiger partial charge is 0.573 e. The number of halogens is 6. The Bertz CT molecular complexity index is 781. The van der Waals surface area contributed by atoms with Gasteiger partial charge in [-0.05, 0) is 54.6 Å². The number of nitrogens with one attached hydrogen (secondary N) is 1. The molecular weight excluding hydrogens is 378 g/mol. The van der Waals surface area contributed by atoms with Crippen molar-refractivity contribution in [3.63, 3.8) is 0 Å². The van der Waals surface area contributed by atoms with Crippen LogP contribution in [0.3, 0.4) is 0 Å². The maximum atomic E-state index is 12.0.